The molecule has 1 amide bonds. The third-order valence-electron chi connectivity index (χ3n) is 3.38. The van der Waals surface area contributed by atoms with E-state index in [-0.39, 0.29) is 24.9 Å². The molecular weight excluding hydrogens is 332 g/mol. The van der Waals surface area contributed by atoms with Gasteiger partial charge in [0.2, 0.25) is 5.91 Å². The second kappa shape index (κ2) is 8.44. The van der Waals surface area contributed by atoms with Gasteiger partial charge in [-0.05, 0) is 30.0 Å². The number of carbonyl (C=O) groups is 2. The Morgan fingerprint density at radius 3 is 2.71 bits per heavy atom. The molecule has 0 spiro atoms. The van der Waals surface area contributed by atoms with E-state index in [1.807, 2.05) is 31.2 Å². The summed E-state index contributed by atoms with van der Waals surface area (Å²) in [6.07, 6.45) is 2.69. The highest BCUT2D eigenvalue weighted by molar-refractivity contribution is 6.30. The first-order chi connectivity index (χ1) is 11.4. The van der Waals surface area contributed by atoms with Crippen LogP contribution >= 0.6 is 11.6 Å². The summed E-state index contributed by atoms with van der Waals surface area (Å²) >= 11 is 5.85. The predicted molar refractivity (Wildman–Crippen MR) is 88.4 cm³/mol. The van der Waals surface area contributed by atoms with Crippen LogP contribution in [0.3, 0.4) is 0 Å². The molecule has 24 heavy (non-hydrogen) atoms. The van der Waals surface area contributed by atoms with Gasteiger partial charge in [0.15, 0.2) is 0 Å². The Hall–Kier alpha value is -2.41. The third-order valence-corrected chi connectivity index (χ3v) is 3.63. The molecule has 1 atom stereocenters. The van der Waals surface area contributed by atoms with Crippen molar-refractivity contribution in [3.05, 3.63) is 46.7 Å². The number of carboxylic acids is 1. The van der Waals surface area contributed by atoms with Crippen LogP contribution in [0.25, 0.3) is 0 Å². The van der Waals surface area contributed by atoms with Gasteiger partial charge in [-0.2, -0.15) is 0 Å². The number of carbonyl (C=O) groups excluding carboxylic acids is 1. The number of hydrogen-bond donors (Lipinski definition) is 2. The minimum atomic E-state index is -0.994. The third kappa shape index (κ3) is 6.00. The van der Waals surface area contributed by atoms with E-state index < -0.39 is 5.97 Å². The second-order valence-corrected chi connectivity index (χ2v) is 6.15. The summed E-state index contributed by atoms with van der Waals surface area (Å²) in [4.78, 5) is 22.5. The van der Waals surface area contributed by atoms with Crippen molar-refractivity contribution in [1.82, 2.24) is 20.3 Å². The molecule has 1 heterocycles. The standard InChI is InChI=1S/C16H19ClN4O3/c1-11(6-12-2-4-13(17)5-3-12)7-15(22)18-8-14-9-21(20-19-14)10-16(23)24/h2-5,9,11H,6-8,10H2,1H3,(H,18,22)(H,23,24). The van der Waals surface area contributed by atoms with Crippen molar-refractivity contribution in [2.24, 2.45) is 5.92 Å². The number of rotatable bonds is 8. The molecule has 0 bridgehead atoms. The highest BCUT2D eigenvalue weighted by Crippen LogP contribution is 2.15. The highest BCUT2D eigenvalue weighted by Gasteiger charge is 2.11. The number of carboxylic acid groups (broad SMARTS) is 1. The van der Waals surface area contributed by atoms with Crippen LogP contribution < -0.4 is 5.32 Å². The number of hydrogen-bond acceptors (Lipinski definition) is 4. The lowest BCUT2D eigenvalue weighted by Crippen LogP contribution is -2.25. The zero-order chi connectivity index (χ0) is 17.5. The summed E-state index contributed by atoms with van der Waals surface area (Å²) < 4.78 is 1.22. The molecule has 0 saturated carbocycles. The highest BCUT2D eigenvalue weighted by atomic mass is 35.5. The number of aromatic nitrogens is 3. The van der Waals surface area contributed by atoms with Gasteiger partial charge in [-0.3, -0.25) is 9.59 Å². The van der Waals surface area contributed by atoms with Crippen LogP contribution in [0.4, 0.5) is 0 Å². The largest absolute Gasteiger partial charge is 0.480 e. The fourth-order valence-corrected chi connectivity index (χ4v) is 2.43. The van der Waals surface area contributed by atoms with Crippen molar-refractivity contribution >= 4 is 23.5 Å². The number of aliphatic carboxylic acids is 1. The number of nitrogens with zero attached hydrogens (tertiary/aromatic N) is 3. The molecule has 7 nitrogen and oxygen atoms in total. The lowest BCUT2D eigenvalue weighted by molar-refractivity contribution is -0.138. The molecule has 2 N–H and O–H groups in total. The monoisotopic (exact) mass is 350 g/mol. The Morgan fingerprint density at radius 2 is 2.04 bits per heavy atom. The van der Waals surface area contributed by atoms with E-state index in [0.29, 0.717) is 17.1 Å². The van der Waals surface area contributed by atoms with Crippen LogP contribution in [-0.2, 0) is 29.1 Å². The van der Waals surface area contributed by atoms with Crippen molar-refractivity contribution in [3.63, 3.8) is 0 Å². The summed E-state index contributed by atoms with van der Waals surface area (Å²) in [6, 6.07) is 7.59. The number of nitrogens with one attached hydrogen (secondary N) is 1. The molecule has 0 aliphatic heterocycles. The molecule has 1 aromatic carbocycles. The van der Waals surface area contributed by atoms with Gasteiger partial charge in [0, 0.05) is 11.4 Å². The van der Waals surface area contributed by atoms with Crippen LogP contribution in [-0.4, -0.2) is 32.0 Å². The SMILES string of the molecule is CC(CC(=O)NCc1cn(CC(=O)O)nn1)Cc1ccc(Cl)cc1. The summed E-state index contributed by atoms with van der Waals surface area (Å²) in [6.45, 7) is 1.99. The quantitative estimate of drug-likeness (QED) is 0.757. The Kier molecular flexibility index (Phi) is 6.31. The van der Waals surface area contributed by atoms with Crippen LogP contribution in [0, 0.1) is 5.92 Å². The molecule has 1 aromatic heterocycles. The normalized spacial score (nSPS) is 11.9. The lowest BCUT2D eigenvalue weighted by atomic mass is 9.98. The zero-order valence-corrected chi connectivity index (χ0v) is 14.0. The van der Waals surface area contributed by atoms with Crippen LogP contribution in [0.15, 0.2) is 30.5 Å². The summed E-state index contributed by atoms with van der Waals surface area (Å²) in [5, 5.41) is 19.6. The average molecular weight is 351 g/mol. The van der Waals surface area contributed by atoms with E-state index in [9.17, 15) is 9.59 Å². The summed E-state index contributed by atoms with van der Waals surface area (Å²) in [5.41, 5.74) is 1.66. The number of halogens is 1. The Labute approximate surface area is 144 Å². The molecule has 1 unspecified atom stereocenters. The molecule has 0 saturated heterocycles. The summed E-state index contributed by atoms with van der Waals surface area (Å²) in [7, 11) is 0. The van der Waals surface area contributed by atoms with Crippen molar-refractivity contribution in [2.75, 3.05) is 0 Å². The first kappa shape index (κ1) is 17.9. The Balaban J connectivity index is 1.75. The van der Waals surface area contributed by atoms with Gasteiger partial charge >= 0.3 is 5.97 Å². The Bertz CT molecular complexity index is 700. The van der Waals surface area contributed by atoms with Gasteiger partial charge in [-0.15, -0.1) is 5.10 Å². The van der Waals surface area contributed by atoms with Crippen LogP contribution in [0.5, 0.6) is 0 Å². The van der Waals surface area contributed by atoms with Gasteiger partial charge in [-0.25, -0.2) is 4.68 Å². The van der Waals surface area contributed by atoms with Crippen molar-refractivity contribution in [3.8, 4) is 0 Å². The topological polar surface area (TPSA) is 97.1 Å². The van der Waals surface area contributed by atoms with Crippen molar-refractivity contribution in [1.29, 1.82) is 0 Å². The fraction of sp³-hybridized carbons (Fsp3) is 0.375. The first-order valence-corrected chi connectivity index (χ1v) is 7.92. The summed E-state index contributed by atoms with van der Waals surface area (Å²) in [5.74, 6) is -0.885. The lowest BCUT2D eigenvalue weighted by Gasteiger charge is -2.11. The maximum atomic E-state index is 12.0. The average Bonchev–Trinajstić information content (AvgIpc) is 2.94. The van der Waals surface area contributed by atoms with Gasteiger partial charge in [0.25, 0.3) is 0 Å². The van der Waals surface area contributed by atoms with Crippen molar-refractivity contribution in [2.45, 2.75) is 32.9 Å². The minimum absolute atomic E-state index is 0.0794. The number of amides is 1. The maximum absolute atomic E-state index is 12.0. The molecular formula is C16H19ClN4O3. The number of benzene rings is 1. The predicted octanol–water partition coefficient (Wildman–Crippen LogP) is 1.90. The molecule has 2 aromatic rings. The van der Waals surface area contributed by atoms with E-state index in [0.717, 1.165) is 12.0 Å². The zero-order valence-electron chi connectivity index (χ0n) is 13.3. The smallest absolute Gasteiger partial charge is 0.325 e. The Morgan fingerprint density at radius 1 is 1.33 bits per heavy atom. The van der Waals surface area contributed by atoms with E-state index in [1.165, 1.54) is 10.9 Å². The fourth-order valence-electron chi connectivity index (χ4n) is 2.31. The van der Waals surface area contributed by atoms with E-state index in [1.54, 1.807) is 0 Å². The maximum Gasteiger partial charge on any atom is 0.325 e. The van der Waals surface area contributed by atoms with Gasteiger partial charge in [0.05, 0.1) is 12.7 Å². The van der Waals surface area contributed by atoms with Gasteiger partial charge in [-0.1, -0.05) is 35.9 Å². The van der Waals surface area contributed by atoms with Crippen molar-refractivity contribution < 1.29 is 14.7 Å². The van der Waals surface area contributed by atoms with E-state index in [2.05, 4.69) is 15.6 Å². The second-order valence-electron chi connectivity index (χ2n) is 5.72. The molecule has 8 heteroatoms. The van der Waals surface area contributed by atoms with E-state index >= 15 is 0 Å². The van der Waals surface area contributed by atoms with Gasteiger partial charge < -0.3 is 10.4 Å². The molecule has 0 fully saturated rings. The van der Waals surface area contributed by atoms with Crippen LogP contribution in [0.1, 0.15) is 24.6 Å². The molecule has 0 aliphatic carbocycles. The molecule has 0 radical (unpaired) electrons. The minimum Gasteiger partial charge on any atom is -0.480 e. The van der Waals surface area contributed by atoms with Gasteiger partial charge in [0.1, 0.15) is 12.2 Å². The molecule has 128 valence electrons. The molecule has 0 aliphatic rings. The van der Waals surface area contributed by atoms with E-state index in [4.69, 9.17) is 16.7 Å². The molecule has 2 rings (SSSR count). The first-order valence-electron chi connectivity index (χ1n) is 7.54. The van der Waals surface area contributed by atoms with Crippen LogP contribution in [0.2, 0.25) is 5.02 Å².